The molecular weight excluding hydrogens is 308 g/mol. The van der Waals surface area contributed by atoms with Gasteiger partial charge in [0.15, 0.2) is 17.4 Å². The number of hydrogen-bond donors (Lipinski definition) is 0. The van der Waals surface area contributed by atoms with Crippen molar-refractivity contribution < 1.29 is 18.3 Å². The smallest absolute Gasteiger partial charge is 0.227 e. The number of alkyl halides is 1. The van der Waals surface area contributed by atoms with Crippen molar-refractivity contribution in [2.45, 2.75) is 6.42 Å². The molecule has 98 valence electrons. The van der Waals surface area contributed by atoms with Crippen molar-refractivity contribution in [2.24, 2.45) is 5.92 Å². The van der Waals surface area contributed by atoms with E-state index >= 15 is 0 Å². The number of rotatable bonds is 3. The summed E-state index contributed by atoms with van der Waals surface area (Å²) in [5.41, 5.74) is 0.235. The van der Waals surface area contributed by atoms with E-state index in [9.17, 15) is 13.6 Å². The third-order valence-electron chi connectivity index (χ3n) is 2.92. The lowest BCUT2D eigenvalue weighted by Gasteiger charge is -2.17. The molecule has 1 amide bonds. The van der Waals surface area contributed by atoms with Crippen LogP contribution in [0.25, 0.3) is 0 Å². The second kappa shape index (κ2) is 5.22. The number of carbonyl (C=O) groups is 1. The van der Waals surface area contributed by atoms with Crippen molar-refractivity contribution in [2.75, 3.05) is 23.9 Å². The number of halogens is 3. The topological polar surface area (TPSA) is 29.5 Å². The Balaban J connectivity index is 2.32. The number of amides is 1. The van der Waals surface area contributed by atoms with E-state index in [-0.39, 0.29) is 17.5 Å². The molecule has 1 aliphatic heterocycles. The SMILES string of the molecule is COc1c(F)cc(N2CC(CBr)CC2=O)cc1F. The van der Waals surface area contributed by atoms with Crippen LogP contribution in [0.1, 0.15) is 6.42 Å². The van der Waals surface area contributed by atoms with E-state index in [1.54, 1.807) is 0 Å². The minimum Gasteiger partial charge on any atom is -0.491 e. The van der Waals surface area contributed by atoms with Crippen LogP contribution in [0.2, 0.25) is 0 Å². The molecule has 0 spiro atoms. The normalized spacial score (nSPS) is 19.4. The molecule has 0 aromatic heterocycles. The predicted octanol–water partition coefficient (Wildman–Crippen LogP) is 2.72. The van der Waals surface area contributed by atoms with Gasteiger partial charge in [0.05, 0.1) is 7.11 Å². The number of benzene rings is 1. The standard InChI is InChI=1S/C12H12BrF2NO2/c1-18-12-9(14)3-8(4-10(12)15)16-6-7(5-13)2-11(16)17/h3-4,7H,2,5-6H2,1H3. The van der Waals surface area contributed by atoms with Crippen LogP contribution in [0.3, 0.4) is 0 Å². The quantitative estimate of drug-likeness (QED) is 0.802. The molecule has 6 heteroatoms. The Kier molecular flexibility index (Phi) is 3.85. The molecule has 0 radical (unpaired) electrons. The van der Waals surface area contributed by atoms with Gasteiger partial charge in [0, 0.05) is 36.1 Å². The van der Waals surface area contributed by atoms with Gasteiger partial charge in [-0.05, 0) is 5.92 Å². The van der Waals surface area contributed by atoms with Crippen molar-refractivity contribution in [1.29, 1.82) is 0 Å². The van der Waals surface area contributed by atoms with Crippen molar-refractivity contribution in [3.8, 4) is 5.75 Å². The highest BCUT2D eigenvalue weighted by atomic mass is 79.9. The lowest BCUT2D eigenvalue weighted by atomic mass is 10.2. The first kappa shape index (κ1) is 13.3. The Hall–Kier alpha value is -1.17. The average Bonchev–Trinajstić information content (AvgIpc) is 2.70. The van der Waals surface area contributed by atoms with Crippen molar-refractivity contribution in [3.05, 3.63) is 23.8 Å². The lowest BCUT2D eigenvalue weighted by molar-refractivity contribution is -0.117. The summed E-state index contributed by atoms with van der Waals surface area (Å²) in [5, 5.41) is 0.691. The van der Waals surface area contributed by atoms with Gasteiger partial charge in [-0.1, -0.05) is 15.9 Å². The summed E-state index contributed by atoms with van der Waals surface area (Å²) in [7, 11) is 1.20. The molecular formula is C12H12BrF2NO2. The van der Waals surface area contributed by atoms with E-state index in [4.69, 9.17) is 0 Å². The lowest BCUT2D eigenvalue weighted by Crippen LogP contribution is -2.25. The average molecular weight is 320 g/mol. The van der Waals surface area contributed by atoms with Crippen LogP contribution in [-0.4, -0.2) is 24.9 Å². The molecule has 0 bridgehead atoms. The maximum atomic E-state index is 13.6. The minimum absolute atomic E-state index is 0.122. The van der Waals surface area contributed by atoms with Gasteiger partial charge in [0.2, 0.25) is 5.91 Å². The summed E-state index contributed by atoms with van der Waals surface area (Å²) in [4.78, 5) is 13.2. The van der Waals surface area contributed by atoms with Crippen LogP contribution < -0.4 is 9.64 Å². The fourth-order valence-electron chi connectivity index (χ4n) is 2.03. The molecule has 3 nitrogen and oxygen atoms in total. The summed E-state index contributed by atoms with van der Waals surface area (Å²) in [6.45, 7) is 0.468. The summed E-state index contributed by atoms with van der Waals surface area (Å²) in [6, 6.07) is 2.24. The Morgan fingerprint density at radius 2 is 2.06 bits per heavy atom. The number of hydrogen-bond acceptors (Lipinski definition) is 2. The van der Waals surface area contributed by atoms with Gasteiger partial charge in [-0.25, -0.2) is 8.78 Å². The Labute approximate surface area is 112 Å². The Morgan fingerprint density at radius 3 is 2.50 bits per heavy atom. The summed E-state index contributed by atoms with van der Waals surface area (Å²) >= 11 is 3.31. The molecule has 1 fully saturated rings. The minimum atomic E-state index is -0.803. The zero-order chi connectivity index (χ0) is 13.3. The Bertz CT molecular complexity index is 458. The number of anilines is 1. The fourth-order valence-corrected chi connectivity index (χ4v) is 2.47. The van der Waals surface area contributed by atoms with Gasteiger partial charge in [-0.2, -0.15) is 0 Å². The van der Waals surface area contributed by atoms with Crippen LogP contribution in [0, 0.1) is 17.6 Å². The van der Waals surface area contributed by atoms with Crippen molar-refractivity contribution >= 4 is 27.5 Å². The third kappa shape index (κ3) is 2.34. The number of methoxy groups -OCH3 is 1. The first-order chi connectivity index (χ1) is 8.56. The summed E-state index contributed by atoms with van der Waals surface area (Å²) in [6.07, 6.45) is 0.389. The molecule has 1 atom stereocenters. The maximum absolute atomic E-state index is 13.6. The Morgan fingerprint density at radius 1 is 1.44 bits per heavy atom. The number of ether oxygens (including phenoxy) is 1. The highest BCUT2D eigenvalue weighted by Crippen LogP contribution is 2.31. The van der Waals surface area contributed by atoms with Crippen LogP contribution in [-0.2, 0) is 4.79 Å². The van der Waals surface area contributed by atoms with E-state index in [2.05, 4.69) is 20.7 Å². The summed E-state index contributed by atoms with van der Waals surface area (Å²) < 4.78 is 31.7. The molecule has 0 aliphatic carbocycles. The zero-order valence-electron chi connectivity index (χ0n) is 9.75. The van der Waals surface area contributed by atoms with E-state index in [0.717, 1.165) is 12.1 Å². The monoisotopic (exact) mass is 319 g/mol. The number of carbonyl (C=O) groups excluding carboxylic acids is 1. The molecule has 1 saturated heterocycles. The summed E-state index contributed by atoms with van der Waals surface area (Å²) in [5.74, 6) is -1.98. The van der Waals surface area contributed by atoms with Crippen LogP contribution >= 0.6 is 15.9 Å². The second-order valence-electron chi connectivity index (χ2n) is 4.17. The molecule has 1 aromatic carbocycles. The van der Waals surface area contributed by atoms with E-state index < -0.39 is 17.4 Å². The maximum Gasteiger partial charge on any atom is 0.227 e. The first-order valence-corrected chi connectivity index (χ1v) is 6.58. The molecule has 0 N–H and O–H groups in total. The van der Waals surface area contributed by atoms with Gasteiger partial charge < -0.3 is 9.64 Å². The van der Waals surface area contributed by atoms with Crippen LogP contribution in [0.5, 0.6) is 5.75 Å². The van der Waals surface area contributed by atoms with Gasteiger partial charge in [0.25, 0.3) is 0 Å². The van der Waals surface area contributed by atoms with Crippen LogP contribution in [0.4, 0.5) is 14.5 Å². The van der Waals surface area contributed by atoms with Gasteiger partial charge in [0.1, 0.15) is 0 Å². The van der Waals surface area contributed by atoms with Crippen LogP contribution in [0.15, 0.2) is 12.1 Å². The van der Waals surface area contributed by atoms with E-state index in [1.807, 2.05) is 0 Å². The molecule has 18 heavy (non-hydrogen) atoms. The predicted molar refractivity (Wildman–Crippen MR) is 67.2 cm³/mol. The molecule has 2 rings (SSSR count). The highest BCUT2D eigenvalue weighted by Gasteiger charge is 2.30. The molecule has 0 saturated carbocycles. The van der Waals surface area contributed by atoms with Crippen molar-refractivity contribution in [3.63, 3.8) is 0 Å². The zero-order valence-corrected chi connectivity index (χ0v) is 11.3. The highest BCUT2D eigenvalue weighted by molar-refractivity contribution is 9.09. The van der Waals surface area contributed by atoms with E-state index in [0.29, 0.717) is 18.3 Å². The molecule has 1 unspecified atom stereocenters. The fraction of sp³-hybridized carbons (Fsp3) is 0.417. The molecule has 1 heterocycles. The second-order valence-corrected chi connectivity index (χ2v) is 4.82. The van der Waals surface area contributed by atoms with E-state index in [1.165, 1.54) is 12.0 Å². The first-order valence-electron chi connectivity index (χ1n) is 5.46. The third-order valence-corrected chi connectivity index (χ3v) is 3.84. The van der Waals surface area contributed by atoms with Crippen molar-refractivity contribution in [1.82, 2.24) is 0 Å². The van der Waals surface area contributed by atoms with Gasteiger partial charge in [-0.3, -0.25) is 4.79 Å². The largest absolute Gasteiger partial charge is 0.491 e. The number of nitrogens with zero attached hydrogens (tertiary/aromatic N) is 1. The molecule has 1 aliphatic rings. The van der Waals surface area contributed by atoms with Gasteiger partial charge >= 0.3 is 0 Å². The van der Waals surface area contributed by atoms with Gasteiger partial charge in [-0.15, -0.1) is 0 Å². The molecule has 1 aromatic rings.